The number of H-pyrrole nitrogens is 1. The zero-order valence-corrected chi connectivity index (χ0v) is 12.8. The molecule has 2 aromatic heterocycles. The highest BCUT2D eigenvalue weighted by Gasteiger charge is 2.36. The van der Waals surface area contributed by atoms with Crippen molar-refractivity contribution >= 4 is 25.5 Å². The molecule has 1 saturated heterocycles. The minimum atomic E-state index is -1.90. The lowest BCUT2D eigenvalue weighted by molar-refractivity contribution is -0.0458. The average Bonchev–Trinajstić information content (AvgIpc) is 3.08. The number of ether oxygens (including phenoxy) is 1. The third kappa shape index (κ3) is 3.20. The van der Waals surface area contributed by atoms with Gasteiger partial charge in [0.25, 0.3) is 5.56 Å². The van der Waals surface area contributed by atoms with Crippen molar-refractivity contribution in [1.82, 2.24) is 19.5 Å². The normalized spacial score (nSPS) is 26.0. The van der Waals surface area contributed by atoms with Crippen molar-refractivity contribution in [3.8, 4) is 0 Å². The predicted octanol–water partition coefficient (Wildman–Crippen LogP) is -1.38. The Kier molecular flexibility index (Phi) is 4.57. The Labute approximate surface area is 130 Å². The topological polar surface area (TPSA) is 169 Å². The van der Waals surface area contributed by atoms with Crippen molar-refractivity contribution < 1.29 is 24.4 Å². The summed E-state index contributed by atoms with van der Waals surface area (Å²) in [6.07, 6.45) is -1.01. The molecule has 0 bridgehead atoms. The second-order valence-electron chi connectivity index (χ2n) is 5.02. The van der Waals surface area contributed by atoms with E-state index in [1.807, 2.05) is 0 Å². The average molecular weight is 345 g/mol. The number of rotatable bonds is 5. The summed E-state index contributed by atoms with van der Waals surface area (Å²) in [6.45, 7) is 0.0269. The van der Waals surface area contributed by atoms with Crippen LogP contribution in [0.1, 0.15) is 12.6 Å². The molecule has 1 aliphatic rings. The van der Waals surface area contributed by atoms with Crippen LogP contribution in [0.3, 0.4) is 0 Å². The van der Waals surface area contributed by atoms with Crippen molar-refractivity contribution in [2.75, 3.05) is 18.7 Å². The summed E-state index contributed by atoms with van der Waals surface area (Å²) in [5, 5.41) is 18.9. The minimum absolute atomic E-state index is 0.0269. The van der Waals surface area contributed by atoms with Crippen molar-refractivity contribution in [2.45, 2.75) is 24.9 Å². The van der Waals surface area contributed by atoms with Gasteiger partial charge in [-0.2, -0.15) is 4.98 Å². The van der Waals surface area contributed by atoms with Gasteiger partial charge in [-0.25, -0.2) is 4.98 Å². The molecule has 0 aliphatic carbocycles. The van der Waals surface area contributed by atoms with E-state index in [0.29, 0.717) is 0 Å². The molecule has 12 heteroatoms. The van der Waals surface area contributed by atoms with Gasteiger partial charge in [0.05, 0.1) is 19.0 Å². The SMILES string of the molecule is Nc1nc2c(ncn2[C@@H]2O[C@H](COP(O)CO)C[C@@H]2O)c(=O)[nH]1. The minimum Gasteiger partial charge on any atom is -0.388 e. The zero-order chi connectivity index (χ0) is 16.6. The zero-order valence-electron chi connectivity index (χ0n) is 11.9. The number of nitrogen functional groups attached to an aromatic ring is 1. The molecule has 6 N–H and O–H groups in total. The summed E-state index contributed by atoms with van der Waals surface area (Å²) in [7, 11) is -1.90. The molecule has 126 valence electrons. The Morgan fingerprint density at radius 2 is 2.39 bits per heavy atom. The number of aliphatic hydroxyl groups is 2. The van der Waals surface area contributed by atoms with Crippen LogP contribution in [0.15, 0.2) is 11.1 Å². The summed E-state index contributed by atoms with van der Waals surface area (Å²) < 4.78 is 12.1. The van der Waals surface area contributed by atoms with E-state index in [9.17, 15) is 14.8 Å². The summed E-state index contributed by atoms with van der Waals surface area (Å²) >= 11 is 0. The van der Waals surface area contributed by atoms with E-state index in [-0.39, 0.29) is 30.1 Å². The van der Waals surface area contributed by atoms with Crippen LogP contribution >= 0.6 is 8.38 Å². The number of nitrogens with two attached hydrogens (primary N) is 1. The molecule has 0 spiro atoms. The standard InChI is InChI=1S/C11H16N5O6P/c12-11-14-8-7(9(19)15-11)13-3-16(8)10-6(18)1-5(22-10)2-21-23(20)4-17/h3,5-6,10,17-18,20H,1-2,4H2,(H3,12,14,15,19)/t5-,6-,10+,23?/m0/s1. The smallest absolute Gasteiger partial charge is 0.280 e. The highest BCUT2D eigenvalue weighted by Crippen LogP contribution is 2.34. The molecule has 23 heavy (non-hydrogen) atoms. The van der Waals surface area contributed by atoms with Crippen molar-refractivity contribution in [1.29, 1.82) is 0 Å². The molecular weight excluding hydrogens is 329 g/mol. The third-order valence-corrected chi connectivity index (χ3v) is 4.11. The van der Waals surface area contributed by atoms with Crippen LogP contribution < -0.4 is 11.3 Å². The van der Waals surface area contributed by atoms with E-state index in [1.165, 1.54) is 10.9 Å². The maximum atomic E-state index is 11.8. The van der Waals surface area contributed by atoms with Gasteiger partial charge >= 0.3 is 0 Å². The number of hydrogen-bond acceptors (Lipinski definition) is 9. The molecule has 11 nitrogen and oxygen atoms in total. The number of imidazole rings is 1. The van der Waals surface area contributed by atoms with Gasteiger partial charge in [-0.3, -0.25) is 14.3 Å². The lowest BCUT2D eigenvalue weighted by Gasteiger charge is -2.17. The Morgan fingerprint density at radius 1 is 1.61 bits per heavy atom. The summed E-state index contributed by atoms with van der Waals surface area (Å²) in [4.78, 5) is 31.3. The maximum Gasteiger partial charge on any atom is 0.280 e. The fourth-order valence-corrected chi connectivity index (χ4v) is 2.85. The molecule has 4 atom stereocenters. The van der Waals surface area contributed by atoms with E-state index in [2.05, 4.69) is 15.0 Å². The largest absolute Gasteiger partial charge is 0.388 e. The van der Waals surface area contributed by atoms with E-state index >= 15 is 0 Å². The Morgan fingerprint density at radius 3 is 3.13 bits per heavy atom. The maximum absolute atomic E-state index is 11.8. The molecule has 1 fully saturated rings. The predicted molar refractivity (Wildman–Crippen MR) is 79.3 cm³/mol. The quantitative estimate of drug-likeness (QED) is 0.410. The molecule has 3 rings (SSSR count). The van der Waals surface area contributed by atoms with Crippen molar-refractivity contribution in [3.63, 3.8) is 0 Å². The van der Waals surface area contributed by atoms with Crippen LogP contribution in [0.25, 0.3) is 11.2 Å². The van der Waals surface area contributed by atoms with Gasteiger partial charge in [0.1, 0.15) is 12.5 Å². The molecule has 0 radical (unpaired) electrons. The lowest BCUT2D eigenvalue weighted by Crippen LogP contribution is -2.20. The summed E-state index contributed by atoms with van der Waals surface area (Å²) in [5.41, 5.74) is 5.35. The van der Waals surface area contributed by atoms with E-state index < -0.39 is 38.7 Å². The second kappa shape index (κ2) is 6.48. The number of hydrogen-bond donors (Lipinski definition) is 5. The second-order valence-corrected chi connectivity index (χ2v) is 6.26. The third-order valence-electron chi connectivity index (χ3n) is 3.42. The molecule has 0 saturated carbocycles. The summed E-state index contributed by atoms with van der Waals surface area (Å²) in [6, 6.07) is 0. The van der Waals surface area contributed by atoms with Crippen LogP contribution in [0.5, 0.6) is 0 Å². The van der Waals surface area contributed by atoms with E-state index in [4.69, 9.17) is 20.1 Å². The van der Waals surface area contributed by atoms with Gasteiger partial charge in [-0.05, 0) is 0 Å². The Hall–Kier alpha value is -1.62. The first-order chi connectivity index (χ1) is 11.0. The van der Waals surface area contributed by atoms with Gasteiger partial charge in [-0.15, -0.1) is 0 Å². The van der Waals surface area contributed by atoms with Crippen molar-refractivity contribution in [3.05, 3.63) is 16.7 Å². The number of nitrogens with one attached hydrogen (secondary N) is 1. The summed E-state index contributed by atoms with van der Waals surface area (Å²) in [5.74, 6) is -0.0644. The van der Waals surface area contributed by atoms with Crippen LogP contribution in [0.4, 0.5) is 5.95 Å². The molecule has 0 amide bonds. The highest BCUT2D eigenvalue weighted by atomic mass is 31.2. The van der Waals surface area contributed by atoms with Gasteiger partial charge in [-0.1, -0.05) is 0 Å². The monoisotopic (exact) mass is 345 g/mol. The molecule has 1 unspecified atom stereocenters. The Bertz CT molecular complexity index is 750. The van der Waals surface area contributed by atoms with E-state index in [1.54, 1.807) is 0 Å². The fraction of sp³-hybridized carbons (Fsp3) is 0.545. The lowest BCUT2D eigenvalue weighted by atomic mass is 10.2. The van der Waals surface area contributed by atoms with Gasteiger partial charge in [0.15, 0.2) is 25.8 Å². The number of nitrogens with zero attached hydrogens (tertiary/aromatic N) is 3. The van der Waals surface area contributed by atoms with Crippen LogP contribution in [-0.4, -0.2) is 59.8 Å². The first-order valence-electron chi connectivity index (χ1n) is 6.75. The van der Waals surface area contributed by atoms with Crippen LogP contribution in [-0.2, 0) is 9.26 Å². The Balaban J connectivity index is 1.81. The van der Waals surface area contributed by atoms with Gasteiger partial charge in [0.2, 0.25) is 5.95 Å². The van der Waals surface area contributed by atoms with Crippen LogP contribution in [0.2, 0.25) is 0 Å². The molecule has 3 heterocycles. The fourth-order valence-electron chi connectivity index (χ4n) is 2.43. The first-order valence-corrected chi connectivity index (χ1v) is 8.15. The first kappa shape index (κ1) is 16.2. The molecule has 0 aromatic carbocycles. The molecule has 2 aromatic rings. The molecular formula is C11H16N5O6P. The number of fused-ring (bicyclic) bond motifs is 1. The number of aromatic nitrogens is 4. The van der Waals surface area contributed by atoms with E-state index in [0.717, 1.165) is 0 Å². The van der Waals surface area contributed by atoms with Gasteiger partial charge < -0.3 is 30.1 Å². The number of anilines is 1. The number of aliphatic hydroxyl groups excluding tert-OH is 2. The van der Waals surface area contributed by atoms with Crippen LogP contribution in [0, 0.1) is 0 Å². The number of aromatic amines is 1. The van der Waals surface area contributed by atoms with Gasteiger partial charge in [0, 0.05) is 6.42 Å². The molecule has 1 aliphatic heterocycles. The van der Waals surface area contributed by atoms with Crippen molar-refractivity contribution in [2.24, 2.45) is 0 Å². The highest BCUT2D eigenvalue weighted by molar-refractivity contribution is 7.45.